The molecule has 2 N–H and O–H groups in total. The highest BCUT2D eigenvalue weighted by Gasteiger charge is 2.07. The molecule has 0 bridgehead atoms. The highest BCUT2D eigenvalue weighted by molar-refractivity contribution is 5.48. The molecule has 3 nitrogen and oxygen atoms in total. The third-order valence-electron chi connectivity index (χ3n) is 2.48. The van der Waals surface area contributed by atoms with E-state index in [1.165, 1.54) is 0 Å². The standard InChI is InChI=1S/C14H20N2O/c1-4-8-16(9-5-2)11-12-6-7-13(15)10-14(12)17-3/h4-7,10H,1-2,8-9,11,15H2,3H3. The summed E-state index contributed by atoms with van der Waals surface area (Å²) in [6, 6.07) is 5.72. The molecule has 3 heteroatoms. The maximum Gasteiger partial charge on any atom is 0.125 e. The van der Waals surface area contributed by atoms with Crippen LogP contribution < -0.4 is 10.5 Å². The molecule has 17 heavy (non-hydrogen) atoms. The monoisotopic (exact) mass is 232 g/mol. The zero-order valence-electron chi connectivity index (χ0n) is 10.4. The zero-order chi connectivity index (χ0) is 12.7. The smallest absolute Gasteiger partial charge is 0.125 e. The minimum Gasteiger partial charge on any atom is -0.496 e. The fourth-order valence-corrected chi connectivity index (χ4v) is 1.70. The second-order valence-electron chi connectivity index (χ2n) is 3.84. The Morgan fingerprint density at radius 1 is 1.29 bits per heavy atom. The summed E-state index contributed by atoms with van der Waals surface area (Å²) in [5.74, 6) is 0.822. The largest absolute Gasteiger partial charge is 0.496 e. The van der Waals surface area contributed by atoms with Crippen molar-refractivity contribution in [3.05, 3.63) is 49.1 Å². The van der Waals surface area contributed by atoms with Crippen LogP contribution in [0.4, 0.5) is 5.69 Å². The van der Waals surface area contributed by atoms with Gasteiger partial charge in [0.1, 0.15) is 5.75 Å². The van der Waals surface area contributed by atoms with Crippen molar-refractivity contribution in [2.24, 2.45) is 0 Å². The number of nitrogens with zero attached hydrogens (tertiary/aromatic N) is 1. The third kappa shape index (κ3) is 3.96. The van der Waals surface area contributed by atoms with Gasteiger partial charge in [0.25, 0.3) is 0 Å². The van der Waals surface area contributed by atoms with E-state index < -0.39 is 0 Å². The molecule has 1 aromatic carbocycles. The molecule has 0 atom stereocenters. The van der Waals surface area contributed by atoms with Gasteiger partial charge in [-0.1, -0.05) is 18.2 Å². The van der Waals surface area contributed by atoms with E-state index >= 15 is 0 Å². The van der Waals surface area contributed by atoms with Gasteiger partial charge in [-0.15, -0.1) is 13.2 Å². The van der Waals surface area contributed by atoms with Crippen molar-refractivity contribution in [2.45, 2.75) is 6.54 Å². The molecule has 0 unspecified atom stereocenters. The van der Waals surface area contributed by atoms with Crippen molar-refractivity contribution < 1.29 is 4.74 Å². The minimum atomic E-state index is 0.713. The van der Waals surface area contributed by atoms with Crippen LogP contribution in [0.25, 0.3) is 0 Å². The van der Waals surface area contributed by atoms with Crippen LogP contribution in [0.5, 0.6) is 5.75 Å². The number of ether oxygens (including phenoxy) is 1. The van der Waals surface area contributed by atoms with Gasteiger partial charge in [0.15, 0.2) is 0 Å². The van der Waals surface area contributed by atoms with E-state index in [-0.39, 0.29) is 0 Å². The third-order valence-corrected chi connectivity index (χ3v) is 2.48. The molecule has 0 amide bonds. The highest BCUT2D eigenvalue weighted by atomic mass is 16.5. The molecule has 92 valence electrons. The van der Waals surface area contributed by atoms with Crippen LogP contribution >= 0.6 is 0 Å². The van der Waals surface area contributed by atoms with Crippen LogP contribution in [0.1, 0.15) is 5.56 Å². The number of nitrogens with two attached hydrogens (primary N) is 1. The van der Waals surface area contributed by atoms with Crippen LogP contribution in [0.15, 0.2) is 43.5 Å². The van der Waals surface area contributed by atoms with Crippen LogP contribution in [0.2, 0.25) is 0 Å². The second kappa shape index (κ2) is 6.76. The molecule has 0 fully saturated rings. The molecule has 0 radical (unpaired) electrons. The number of hydrogen-bond donors (Lipinski definition) is 1. The lowest BCUT2D eigenvalue weighted by Gasteiger charge is -2.20. The highest BCUT2D eigenvalue weighted by Crippen LogP contribution is 2.22. The van der Waals surface area contributed by atoms with Gasteiger partial charge in [0.2, 0.25) is 0 Å². The lowest BCUT2D eigenvalue weighted by atomic mass is 10.1. The van der Waals surface area contributed by atoms with Crippen LogP contribution in [0, 0.1) is 0 Å². The van der Waals surface area contributed by atoms with Gasteiger partial charge in [0, 0.05) is 37.0 Å². The van der Waals surface area contributed by atoms with Crippen molar-refractivity contribution in [3.8, 4) is 5.75 Å². The van der Waals surface area contributed by atoms with Crippen molar-refractivity contribution in [1.29, 1.82) is 0 Å². The minimum absolute atomic E-state index is 0.713. The Hall–Kier alpha value is -1.74. The van der Waals surface area contributed by atoms with Gasteiger partial charge >= 0.3 is 0 Å². The summed E-state index contributed by atoms with van der Waals surface area (Å²) in [7, 11) is 1.66. The maximum absolute atomic E-state index is 5.73. The van der Waals surface area contributed by atoms with Crippen LogP contribution in [-0.4, -0.2) is 25.1 Å². The van der Waals surface area contributed by atoms with Crippen LogP contribution in [0.3, 0.4) is 0 Å². The average Bonchev–Trinajstić information content (AvgIpc) is 2.32. The van der Waals surface area contributed by atoms with E-state index in [9.17, 15) is 0 Å². The molecular formula is C14H20N2O. The molecule has 0 heterocycles. The van der Waals surface area contributed by atoms with E-state index in [0.717, 1.165) is 30.9 Å². The second-order valence-corrected chi connectivity index (χ2v) is 3.84. The van der Waals surface area contributed by atoms with Crippen molar-refractivity contribution in [3.63, 3.8) is 0 Å². The quantitative estimate of drug-likeness (QED) is 0.579. The fraction of sp³-hybridized carbons (Fsp3) is 0.286. The molecule has 0 spiro atoms. The topological polar surface area (TPSA) is 38.5 Å². The van der Waals surface area contributed by atoms with Gasteiger partial charge in [-0.3, -0.25) is 4.90 Å². The Morgan fingerprint density at radius 2 is 1.94 bits per heavy atom. The summed E-state index contributed by atoms with van der Waals surface area (Å²) < 4.78 is 5.32. The van der Waals surface area contributed by atoms with Gasteiger partial charge in [0.05, 0.1) is 7.11 Å². The molecule has 0 aliphatic carbocycles. The molecule has 1 rings (SSSR count). The maximum atomic E-state index is 5.73. The van der Waals surface area contributed by atoms with E-state index in [1.54, 1.807) is 7.11 Å². The first kappa shape index (κ1) is 13.3. The van der Waals surface area contributed by atoms with Gasteiger partial charge in [-0.05, 0) is 6.07 Å². The molecule has 0 saturated heterocycles. The van der Waals surface area contributed by atoms with Gasteiger partial charge in [-0.2, -0.15) is 0 Å². The normalized spacial score (nSPS) is 10.2. The van der Waals surface area contributed by atoms with E-state index in [4.69, 9.17) is 10.5 Å². The first-order valence-corrected chi connectivity index (χ1v) is 5.57. The van der Waals surface area contributed by atoms with E-state index in [1.807, 2.05) is 30.4 Å². The lowest BCUT2D eigenvalue weighted by molar-refractivity contribution is 0.318. The fourth-order valence-electron chi connectivity index (χ4n) is 1.70. The summed E-state index contributed by atoms with van der Waals surface area (Å²) in [5.41, 5.74) is 7.55. The molecule has 0 aromatic heterocycles. The Morgan fingerprint density at radius 3 is 2.47 bits per heavy atom. The lowest BCUT2D eigenvalue weighted by Crippen LogP contribution is -2.23. The number of rotatable bonds is 7. The summed E-state index contributed by atoms with van der Waals surface area (Å²) in [6.45, 7) is 9.94. The number of methoxy groups -OCH3 is 1. The predicted octanol–water partition coefficient (Wildman–Crippen LogP) is 2.45. The Kier molecular flexibility index (Phi) is 5.30. The molecule has 0 aliphatic rings. The van der Waals surface area contributed by atoms with Gasteiger partial charge < -0.3 is 10.5 Å². The van der Waals surface area contributed by atoms with E-state index in [0.29, 0.717) is 5.69 Å². The summed E-state index contributed by atoms with van der Waals surface area (Å²) in [4.78, 5) is 2.22. The predicted molar refractivity (Wildman–Crippen MR) is 73.1 cm³/mol. The Bertz CT molecular complexity index is 378. The number of anilines is 1. The number of hydrogen-bond acceptors (Lipinski definition) is 3. The Balaban J connectivity index is 2.83. The van der Waals surface area contributed by atoms with Crippen LogP contribution in [-0.2, 0) is 6.54 Å². The number of benzene rings is 1. The summed E-state index contributed by atoms with van der Waals surface area (Å²) in [5, 5.41) is 0. The SMILES string of the molecule is C=CCN(CC=C)Cc1ccc(N)cc1OC. The zero-order valence-corrected chi connectivity index (χ0v) is 10.4. The Labute approximate surface area is 103 Å². The van der Waals surface area contributed by atoms with Gasteiger partial charge in [-0.25, -0.2) is 0 Å². The molecule has 0 saturated carbocycles. The van der Waals surface area contributed by atoms with Crippen molar-refractivity contribution >= 4 is 5.69 Å². The number of nitrogen functional groups attached to an aromatic ring is 1. The molecule has 0 aliphatic heterocycles. The first-order valence-electron chi connectivity index (χ1n) is 5.57. The van der Waals surface area contributed by atoms with Crippen molar-refractivity contribution in [2.75, 3.05) is 25.9 Å². The molecular weight excluding hydrogens is 212 g/mol. The van der Waals surface area contributed by atoms with Crippen molar-refractivity contribution in [1.82, 2.24) is 4.90 Å². The average molecular weight is 232 g/mol. The van der Waals surface area contributed by atoms with E-state index in [2.05, 4.69) is 18.1 Å². The molecule has 1 aromatic rings. The first-order chi connectivity index (χ1) is 8.21. The summed E-state index contributed by atoms with van der Waals surface area (Å²) in [6.07, 6.45) is 3.76. The summed E-state index contributed by atoms with van der Waals surface area (Å²) >= 11 is 0.